The first-order valence-electron chi connectivity index (χ1n) is 6.07. The third kappa shape index (κ3) is 2.25. The molecule has 1 atom stereocenters. The maximum Gasteiger partial charge on any atom is 0.0378 e. The Balaban J connectivity index is 1.73. The third-order valence-corrected chi connectivity index (χ3v) is 4.06. The number of halogens is 1. The first-order valence-corrected chi connectivity index (χ1v) is 6.86. The van der Waals surface area contributed by atoms with Crippen molar-refractivity contribution in [1.29, 1.82) is 0 Å². The fourth-order valence-electron chi connectivity index (χ4n) is 2.50. The monoisotopic (exact) mass is 280 g/mol. The van der Waals surface area contributed by atoms with Crippen molar-refractivity contribution in [2.75, 3.05) is 24.5 Å². The standard InChI is InChI=1S/C13H17BrN2/c14-11-2-1-3-12(8-11)16-7-6-15-13(9-16)10-4-5-10/h1-3,8,10,13,15H,4-7,9H2. The van der Waals surface area contributed by atoms with Crippen molar-refractivity contribution in [1.82, 2.24) is 5.32 Å². The lowest BCUT2D eigenvalue weighted by molar-refractivity contribution is 0.419. The van der Waals surface area contributed by atoms with Gasteiger partial charge >= 0.3 is 0 Å². The zero-order valence-electron chi connectivity index (χ0n) is 9.32. The largest absolute Gasteiger partial charge is 0.369 e. The highest BCUT2D eigenvalue weighted by molar-refractivity contribution is 9.10. The molecule has 0 bridgehead atoms. The summed E-state index contributed by atoms with van der Waals surface area (Å²) >= 11 is 3.54. The summed E-state index contributed by atoms with van der Waals surface area (Å²) in [5, 5.41) is 3.64. The van der Waals surface area contributed by atoms with Gasteiger partial charge in [0.1, 0.15) is 0 Å². The van der Waals surface area contributed by atoms with E-state index < -0.39 is 0 Å². The topological polar surface area (TPSA) is 15.3 Å². The summed E-state index contributed by atoms with van der Waals surface area (Å²) in [6, 6.07) is 9.35. The second-order valence-corrected chi connectivity index (χ2v) is 5.74. The zero-order valence-corrected chi connectivity index (χ0v) is 10.9. The van der Waals surface area contributed by atoms with Crippen LogP contribution in [0.2, 0.25) is 0 Å². The fourth-order valence-corrected chi connectivity index (χ4v) is 2.89. The number of nitrogens with zero attached hydrogens (tertiary/aromatic N) is 1. The average molecular weight is 281 g/mol. The van der Waals surface area contributed by atoms with Gasteiger partial charge in [0, 0.05) is 35.8 Å². The average Bonchev–Trinajstić information content (AvgIpc) is 3.13. The summed E-state index contributed by atoms with van der Waals surface area (Å²) in [5.74, 6) is 0.940. The normalized spacial score (nSPS) is 25.8. The molecule has 86 valence electrons. The van der Waals surface area contributed by atoms with Gasteiger partial charge < -0.3 is 10.2 Å². The van der Waals surface area contributed by atoms with Crippen molar-refractivity contribution in [3.05, 3.63) is 28.7 Å². The number of hydrogen-bond donors (Lipinski definition) is 1. The molecule has 1 saturated carbocycles. The number of hydrogen-bond acceptors (Lipinski definition) is 2. The van der Waals surface area contributed by atoms with E-state index in [0.717, 1.165) is 19.0 Å². The van der Waals surface area contributed by atoms with Gasteiger partial charge in [0.25, 0.3) is 0 Å². The van der Waals surface area contributed by atoms with Crippen molar-refractivity contribution in [3.63, 3.8) is 0 Å². The zero-order chi connectivity index (χ0) is 11.0. The second-order valence-electron chi connectivity index (χ2n) is 4.82. The molecular formula is C13H17BrN2. The quantitative estimate of drug-likeness (QED) is 0.896. The van der Waals surface area contributed by atoms with Gasteiger partial charge in [-0.1, -0.05) is 22.0 Å². The van der Waals surface area contributed by atoms with E-state index in [4.69, 9.17) is 0 Å². The van der Waals surface area contributed by atoms with Gasteiger partial charge in [-0.2, -0.15) is 0 Å². The van der Waals surface area contributed by atoms with Crippen LogP contribution in [0.15, 0.2) is 28.7 Å². The fraction of sp³-hybridized carbons (Fsp3) is 0.538. The first-order chi connectivity index (χ1) is 7.83. The molecule has 2 aliphatic rings. The van der Waals surface area contributed by atoms with Crippen molar-refractivity contribution in [2.45, 2.75) is 18.9 Å². The molecule has 1 aromatic carbocycles. The molecule has 1 heterocycles. The molecule has 0 amide bonds. The van der Waals surface area contributed by atoms with Gasteiger partial charge in [0.05, 0.1) is 0 Å². The van der Waals surface area contributed by atoms with Crippen molar-refractivity contribution in [2.24, 2.45) is 5.92 Å². The van der Waals surface area contributed by atoms with Crippen LogP contribution < -0.4 is 10.2 Å². The number of piperazine rings is 1. The molecule has 1 aliphatic carbocycles. The van der Waals surface area contributed by atoms with E-state index in [9.17, 15) is 0 Å². The minimum atomic E-state index is 0.715. The smallest absolute Gasteiger partial charge is 0.0378 e. The van der Waals surface area contributed by atoms with Crippen LogP contribution in [0.25, 0.3) is 0 Å². The van der Waals surface area contributed by atoms with Gasteiger partial charge in [-0.3, -0.25) is 0 Å². The Bertz CT molecular complexity index is 376. The van der Waals surface area contributed by atoms with E-state index in [1.165, 1.54) is 29.5 Å². The Morgan fingerprint density at radius 3 is 2.94 bits per heavy atom. The van der Waals surface area contributed by atoms with E-state index in [1.807, 2.05) is 0 Å². The summed E-state index contributed by atoms with van der Waals surface area (Å²) in [6.07, 6.45) is 2.84. The van der Waals surface area contributed by atoms with Crippen molar-refractivity contribution in [3.8, 4) is 0 Å². The third-order valence-electron chi connectivity index (χ3n) is 3.57. The van der Waals surface area contributed by atoms with E-state index in [-0.39, 0.29) is 0 Å². The van der Waals surface area contributed by atoms with Gasteiger partial charge in [-0.05, 0) is 37.0 Å². The van der Waals surface area contributed by atoms with E-state index >= 15 is 0 Å². The lowest BCUT2D eigenvalue weighted by Gasteiger charge is -2.35. The molecule has 2 nitrogen and oxygen atoms in total. The van der Waals surface area contributed by atoms with E-state index in [2.05, 4.69) is 50.4 Å². The lowest BCUT2D eigenvalue weighted by atomic mass is 10.1. The molecule has 0 aromatic heterocycles. The Morgan fingerprint density at radius 2 is 2.19 bits per heavy atom. The summed E-state index contributed by atoms with van der Waals surface area (Å²) in [5.41, 5.74) is 1.35. The van der Waals surface area contributed by atoms with Crippen molar-refractivity contribution >= 4 is 21.6 Å². The predicted octanol–water partition coefficient (Wildman–Crippen LogP) is 2.64. The Kier molecular flexibility index (Phi) is 2.90. The van der Waals surface area contributed by atoms with Crippen LogP contribution in [0.5, 0.6) is 0 Å². The molecule has 1 saturated heterocycles. The molecule has 3 rings (SSSR count). The molecule has 1 N–H and O–H groups in total. The Morgan fingerprint density at radius 1 is 1.31 bits per heavy atom. The van der Waals surface area contributed by atoms with Crippen LogP contribution in [-0.2, 0) is 0 Å². The van der Waals surface area contributed by atoms with Gasteiger partial charge in [0.15, 0.2) is 0 Å². The van der Waals surface area contributed by atoms with Crippen LogP contribution in [0.4, 0.5) is 5.69 Å². The lowest BCUT2D eigenvalue weighted by Crippen LogP contribution is -2.51. The molecular weight excluding hydrogens is 264 g/mol. The maximum absolute atomic E-state index is 3.64. The molecule has 0 spiro atoms. The first kappa shape index (κ1) is 10.6. The van der Waals surface area contributed by atoms with Crippen LogP contribution in [-0.4, -0.2) is 25.7 Å². The predicted molar refractivity (Wildman–Crippen MR) is 70.9 cm³/mol. The molecule has 1 unspecified atom stereocenters. The number of rotatable bonds is 2. The second kappa shape index (κ2) is 4.38. The Hall–Kier alpha value is -0.540. The molecule has 2 fully saturated rings. The van der Waals surface area contributed by atoms with Gasteiger partial charge in [0.2, 0.25) is 0 Å². The Labute approximate surface area is 105 Å². The number of nitrogens with one attached hydrogen (secondary N) is 1. The van der Waals surface area contributed by atoms with Crippen LogP contribution in [0.1, 0.15) is 12.8 Å². The van der Waals surface area contributed by atoms with Crippen molar-refractivity contribution < 1.29 is 0 Å². The summed E-state index contributed by atoms with van der Waals surface area (Å²) in [7, 11) is 0. The maximum atomic E-state index is 3.64. The SMILES string of the molecule is Brc1cccc(N2CCNC(C3CC3)C2)c1. The minimum Gasteiger partial charge on any atom is -0.369 e. The highest BCUT2D eigenvalue weighted by atomic mass is 79.9. The van der Waals surface area contributed by atoms with Crippen LogP contribution >= 0.6 is 15.9 Å². The van der Waals surface area contributed by atoms with E-state index in [1.54, 1.807) is 0 Å². The number of anilines is 1. The van der Waals surface area contributed by atoms with Crippen LogP contribution in [0.3, 0.4) is 0 Å². The molecule has 0 radical (unpaired) electrons. The molecule has 16 heavy (non-hydrogen) atoms. The molecule has 3 heteroatoms. The van der Waals surface area contributed by atoms with Gasteiger partial charge in [-0.25, -0.2) is 0 Å². The molecule has 1 aliphatic heterocycles. The summed E-state index contributed by atoms with van der Waals surface area (Å²) in [4.78, 5) is 2.50. The van der Waals surface area contributed by atoms with Gasteiger partial charge in [-0.15, -0.1) is 0 Å². The highest BCUT2D eigenvalue weighted by Gasteiger charge is 2.33. The highest BCUT2D eigenvalue weighted by Crippen LogP contribution is 2.34. The van der Waals surface area contributed by atoms with Crippen LogP contribution in [0, 0.1) is 5.92 Å². The summed E-state index contributed by atoms with van der Waals surface area (Å²) < 4.78 is 1.17. The minimum absolute atomic E-state index is 0.715. The molecule has 1 aromatic rings. The summed E-state index contributed by atoms with van der Waals surface area (Å²) in [6.45, 7) is 3.41. The van der Waals surface area contributed by atoms with E-state index in [0.29, 0.717) is 6.04 Å². The number of benzene rings is 1.